The molecule has 0 aromatic heterocycles. The minimum Gasteiger partial charge on any atom is -0.289 e. The minimum atomic E-state index is -5.00. The van der Waals surface area contributed by atoms with E-state index in [1.54, 1.807) is 6.07 Å². The summed E-state index contributed by atoms with van der Waals surface area (Å²) in [5.41, 5.74) is -1.96. The summed E-state index contributed by atoms with van der Waals surface area (Å²) in [4.78, 5) is 12.2. The molecule has 0 aliphatic rings. The van der Waals surface area contributed by atoms with Gasteiger partial charge < -0.3 is 0 Å². The normalized spacial score (nSPS) is 11.3. The van der Waals surface area contributed by atoms with E-state index in [1.165, 1.54) is 29.0 Å². The first-order valence-corrected chi connectivity index (χ1v) is 7.17. The van der Waals surface area contributed by atoms with Gasteiger partial charge in [-0.2, -0.15) is 8.42 Å². The highest BCUT2D eigenvalue weighted by Gasteiger charge is 2.25. The summed E-state index contributed by atoms with van der Waals surface area (Å²) in [5.74, 6) is -6.53. The fourth-order valence-corrected chi connectivity index (χ4v) is 2.21. The van der Waals surface area contributed by atoms with Gasteiger partial charge in [-0.25, -0.2) is 13.2 Å². The molecule has 0 radical (unpaired) electrons. The van der Waals surface area contributed by atoms with Crippen LogP contribution in [0.15, 0.2) is 36.4 Å². The van der Waals surface area contributed by atoms with E-state index in [2.05, 4.69) is 0 Å². The summed E-state index contributed by atoms with van der Waals surface area (Å²) >= 11 is 0. The van der Waals surface area contributed by atoms with E-state index in [-0.39, 0.29) is 5.56 Å². The molecule has 0 saturated carbocycles. The Morgan fingerprint density at radius 1 is 1.05 bits per heavy atom. The third kappa shape index (κ3) is 3.26. The lowest BCUT2D eigenvalue weighted by Crippen LogP contribution is -2.17. The van der Waals surface area contributed by atoms with E-state index >= 15 is 0 Å². The van der Waals surface area contributed by atoms with Crippen molar-refractivity contribution in [1.82, 2.24) is 0 Å². The number of benzene rings is 2. The highest BCUT2D eigenvalue weighted by molar-refractivity contribution is 7.87. The van der Waals surface area contributed by atoms with Crippen LogP contribution in [0, 0.1) is 17.5 Å². The standard InChI is InChI=1S/C13H8F3NO4S/c14-9-6-8(13(18)7-4-2-1-3-5-7)12(11(16)10(9)15)17-22(19,20)21/h1-6,17H,(H,19,20,21). The van der Waals surface area contributed by atoms with Crippen LogP contribution in [0.1, 0.15) is 15.9 Å². The van der Waals surface area contributed by atoms with E-state index in [4.69, 9.17) is 4.55 Å². The maximum atomic E-state index is 13.7. The van der Waals surface area contributed by atoms with Gasteiger partial charge in [-0.05, 0) is 6.07 Å². The van der Waals surface area contributed by atoms with Crippen molar-refractivity contribution in [3.63, 3.8) is 0 Å². The SMILES string of the molecule is O=C(c1ccccc1)c1cc(F)c(F)c(F)c1NS(=O)(=O)O. The molecule has 9 heteroatoms. The van der Waals surface area contributed by atoms with Gasteiger partial charge in [0.25, 0.3) is 0 Å². The Bertz CT molecular complexity index is 838. The molecule has 2 rings (SSSR count). The molecule has 0 bridgehead atoms. The summed E-state index contributed by atoms with van der Waals surface area (Å²) in [5, 5.41) is 0. The monoisotopic (exact) mass is 331 g/mol. The van der Waals surface area contributed by atoms with Gasteiger partial charge >= 0.3 is 10.3 Å². The molecule has 0 heterocycles. The van der Waals surface area contributed by atoms with E-state index in [1.807, 2.05) is 0 Å². The van der Waals surface area contributed by atoms with Gasteiger partial charge in [0.15, 0.2) is 23.2 Å². The molecular weight excluding hydrogens is 323 g/mol. The highest BCUT2D eigenvalue weighted by Crippen LogP contribution is 2.28. The molecule has 22 heavy (non-hydrogen) atoms. The number of carbonyl (C=O) groups is 1. The number of nitrogens with one attached hydrogen (secondary N) is 1. The smallest absolute Gasteiger partial charge is 0.289 e. The molecule has 2 aromatic rings. The van der Waals surface area contributed by atoms with Crippen LogP contribution in [0.4, 0.5) is 18.9 Å². The zero-order chi connectivity index (χ0) is 16.5. The van der Waals surface area contributed by atoms with E-state index < -0.39 is 44.8 Å². The minimum absolute atomic E-state index is 0.00806. The van der Waals surface area contributed by atoms with Crippen LogP contribution in [0.25, 0.3) is 0 Å². The Morgan fingerprint density at radius 3 is 2.18 bits per heavy atom. The molecule has 0 aliphatic carbocycles. The topological polar surface area (TPSA) is 83.5 Å². The first-order valence-electron chi connectivity index (χ1n) is 5.73. The van der Waals surface area contributed by atoms with Gasteiger partial charge in [0.05, 0.1) is 5.56 Å². The quantitative estimate of drug-likeness (QED) is 0.512. The van der Waals surface area contributed by atoms with E-state index in [0.29, 0.717) is 6.07 Å². The lowest BCUT2D eigenvalue weighted by Gasteiger charge is -2.11. The summed E-state index contributed by atoms with van der Waals surface area (Å²) in [6.45, 7) is 0. The number of anilines is 1. The van der Waals surface area contributed by atoms with Crippen molar-refractivity contribution in [3.8, 4) is 0 Å². The number of ketones is 1. The fraction of sp³-hybridized carbons (Fsp3) is 0. The number of rotatable bonds is 4. The number of hydrogen-bond acceptors (Lipinski definition) is 3. The van der Waals surface area contributed by atoms with Crippen molar-refractivity contribution in [2.75, 3.05) is 4.72 Å². The van der Waals surface area contributed by atoms with Gasteiger partial charge in [0.1, 0.15) is 5.69 Å². The van der Waals surface area contributed by atoms with Gasteiger partial charge in [-0.1, -0.05) is 30.3 Å². The Kier molecular flexibility index (Phi) is 4.20. The Hall–Kier alpha value is -2.39. The van der Waals surface area contributed by atoms with E-state index in [9.17, 15) is 26.4 Å². The predicted octanol–water partition coefficient (Wildman–Crippen LogP) is 2.55. The second kappa shape index (κ2) is 5.78. The van der Waals surface area contributed by atoms with Crippen molar-refractivity contribution >= 4 is 21.8 Å². The van der Waals surface area contributed by atoms with Crippen molar-refractivity contribution in [1.29, 1.82) is 0 Å². The maximum Gasteiger partial charge on any atom is 0.357 e. The largest absolute Gasteiger partial charge is 0.357 e. The van der Waals surface area contributed by atoms with Crippen LogP contribution in [0.5, 0.6) is 0 Å². The molecular formula is C13H8F3NO4S. The molecule has 0 atom stereocenters. The van der Waals surface area contributed by atoms with Crippen LogP contribution < -0.4 is 4.72 Å². The number of carbonyl (C=O) groups excluding carboxylic acids is 1. The third-order valence-electron chi connectivity index (χ3n) is 2.67. The first kappa shape index (κ1) is 16.0. The molecule has 0 amide bonds. The third-order valence-corrected chi connectivity index (χ3v) is 3.14. The fourth-order valence-electron chi connectivity index (χ4n) is 1.75. The Balaban J connectivity index is 2.67. The van der Waals surface area contributed by atoms with Crippen LogP contribution in [-0.4, -0.2) is 18.8 Å². The summed E-state index contributed by atoms with van der Waals surface area (Å²) in [6.07, 6.45) is 0. The number of hydrogen-bond donors (Lipinski definition) is 2. The predicted molar refractivity (Wildman–Crippen MR) is 71.4 cm³/mol. The van der Waals surface area contributed by atoms with Gasteiger partial charge in [-0.3, -0.25) is 14.1 Å². The van der Waals surface area contributed by atoms with Crippen LogP contribution in [0.3, 0.4) is 0 Å². The molecule has 0 unspecified atom stereocenters. The van der Waals surface area contributed by atoms with E-state index in [0.717, 1.165) is 0 Å². The summed E-state index contributed by atoms with van der Waals surface area (Å²) < 4.78 is 71.9. The zero-order valence-electron chi connectivity index (χ0n) is 10.7. The second-order valence-corrected chi connectivity index (χ2v) is 5.34. The van der Waals surface area contributed by atoms with Crippen LogP contribution in [0.2, 0.25) is 0 Å². The Labute approximate surface area is 123 Å². The average molecular weight is 331 g/mol. The van der Waals surface area contributed by atoms with Crippen molar-refractivity contribution in [2.45, 2.75) is 0 Å². The second-order valence-electron chi connectivity index (χ2n) is 4.18. The molecule has 0 saturated heterocycles. The van der Waals surface area contributed by atoms with Crippen LogP contribution in [-0.2, 0) is 10.3 Å². The molecule has 0 fully saturated rings. The Morgan fingerprint density at radius 2 is 1.64 bits per heavy atom. The first-order chi connectivity index (χ1) is 10.2. The zero-order valence-corrected chi connectivity index (χ0v) is 11.5. The summed E-state index contributed by atoms with van der Waals surface area (Å²) in [6, 6.07) is 7.51. The van der Waals surface area contributed by atoms with Gasteiger partial charge in [0, 0.05) is 5.56 Å². The molecule has 116 valence electrons. The van der Waals surface area contributed by atoms with Gasteiger partial charge in [0.2, 0.25) is 0 Å². The van der Waals surface area contributed by atoms with Crippen molar-refractivity contribution in [2.24, 2.45) is 0 Å². The van der Waals surface area contributed by atoms with Gasteiger partial charge in [-0.15, -0.1) is 0 Å². The molecule has 0 aliphatic heterocycles. The molecule has 2 aromatic carbocycles. The molecule has 2 N–H and O–H groups in total. The molecule has 5 nitrogen and oxygen atoms in total. The lowest BCUT2D eigenvalue weighted by molar-refractivity contribution is 0.103. The van der Waals surface area contributed by atoms with Crippen molar-refractivity contribution < 1.29 is 30.9 Å². The average Bonchev–Trinajstić information content (AvgIpc) is 2.47. The van der Waals surface area contributed by atoms with Crippen molar-refractivity contribution in [3.05, 3.63) is 65.0 Å². The summed E-state index contributed by atoms with van der Waals surface area (Å²) in [7, 11) is -5.00. The maximum absolute atomic E-state index is 13.7. The van der Waals surface area contributed by atoms with Crippen LogP contribution >= 0.6 is 0 Å². The number of halogens is 3. The lowest BCUT2D eigenvalue weighted by atomic mass is 10.0. The highest BCUT2D eigenvalue weighted by atomic mass is 32.2. The molecule has 0 spiro atoms.